The maximum absolute atomic E-state index is 11.4. The number of hydrogen-bond donors (Lipinski definition) is 1. The smallest absolute Gasteiger partial charge is 0.716 e. The van der Waals surface area contributed by atoms with Crippen molar-refractivity contribution in [3.63, 3.8) is 0 Å². The molecule has 0 saturated heterocycles. The molecule has 0 aromatic heterocycles. The van der Waals surface area contributed by atoms with Crippen molar-refractivity contribution in [3.05, 3.63) is 23.5 Å². The van der Waals surface area contributed by atoms with E-state index in [1.165, 1.54) is 19.3 Å². The summed E-state index contributed by atoms with van der Waals surface area (Å²) in [4.78, 5) is 0. The Morgan fingerprint density at radius 1 is 1.09 bits per heavy atom. The van der Waals surface area contributed by atoms with Crippen LogP contribution in [0.2, 0.25) is 0 Å². The van der Waals surface area contributed by atoms with Gasteiger partial charge in [-0.15, -0.1) is 0 Å². The molecular formula is C28H45NaO5S. The Morgan fingerprint density at radius 3 is 2.34 bits per heavy atom. The van der Waals surface area contributed by atoms with Crippen LogP contribution in [0, 0.1) is 52.3 Å². The third-order valence-corrected chi connectivity index (χ3v) is 11.2. The van der Waals surface area contributed by atoms with Gasteiger partial charge < -0.3 is 13.8 Å². The average Bonchev–Trinajstić information content (AvgIpc) is 3.09. The van der Waals surface area contributed by atoms with Crippen LogP contribution >= 0.6 is 0 Å². The van der Waals surface area contributed by atoms with Crippen LogP contribution in [0.3, 0.4) is 0 Å². The summed E-state index contributed by atoms with van der Waals surface area (Å²) in [6.45, 7) is 13.1. The SMILES string of the molecule is CC(C)[C@@H](C)/C(=C/[C@@H](C)[C@H]1CC[C@H]2C3=CC[C@H]4C[C@@H](O)CC[C@]4(C)[C@H]3CC[C@]12C)OS(=O)(=O)[O-].[Na+]. The van der Waals surface area contributed by atoms with Gasteiger partial charge in [-0.2, -0.15) is 0 Å². The molecular weight excluding hydrogens is 471 g/mol. The van der Waals surface area contributed by atoms with E-state index in [-0.39, 0.29) is 58.8 Å². The largest absolute Gasteiger partial charge is 1.00 e. The average molecular weight is 517 g/mol. The maximum Gasteiger partial charge on any atom is 1.00 e. The molecule has 0 unspecified atom stereocenters. The summed E-state index contributed by atoms with van der Waals surface area (Å²) in [5, 5.41) is 10.3. The van der Waals surface area contributed by atoms with E-state index in [2.05, 4.69) is 26.8 Å². The molecule has 9 atom stereocenters. The molecule has 0 aliphatic heterocycles. The van der Waals surface area contributed by atoms with Crippen molar-refractivity contribution in [2.45, 2.75) is 99.0 Å². The summed E-state index contributed by atoms with van der Waals surface area (Å²) in [6.07, 6.45) is 13.1. The Hall–Kier alpha value is 0.150. The van der Waals surface area contributed by atoms with E-state index in [1.54, 1.807) is 5.57 Å². The van der Waals surface area contributed by atoms with E-state index in [0.29, 0.717) is 34.8 Å². The van der Waals surface area contributed by atoms with E-state index in [1.807, 2.05) is 26.8 Å². The summed E-state index contributed by atoms with van der Waals surface area (Å²) < 4.78 is 39.3. The molecule has 7 heteroatoms. The second-order valence-electron chi connectivity index (χ2n) is 12.9. The summed E-state index contributed by atoms with van der Waals surface area (Å²) in [5.41, 5.74) is 2.17. The van der Waals surface area contributed by atoms with Crippen LogP contribution in [-0.2, 0) is 14.6 Å². The number of aliphatic hydroxyl groups is 1. The molecule has 0 spiro atoms. The first-order valence-corrected chi connectivity index (χ1v) is 14.8. The van der Waals surface area contributed by atoms with Gasteiger partial charge in [0.25, 0.3) is 10.4 Å². The molecule has 0 radical (unpaired) electrons. The summed E-state index contributed by atoms with van der Waals surface area (Å²) in [7, 11) is -4.79. The Balaban J connectivity index is 0.00000342. The van der Waals surface area contributed by atoms with Crippen molar-refractivity contribution >= 4 is 10.4 Å². The van der Waals surface area contributed by atoms with Crippen molar-refractivity contribution in [1.82, 2.24) is 0 Å². The molecule has 4 aliphatic rings. The second kappa shape index (κ2) is 10.7. The van der Waals surface area contributed by atoms with Gasteiger partial charge in [0.2, 0.25) is 0 Å². The number of rotatable bonds is 6. The first-order valence-electron chi connectivity index (χ1n) is 13.5. The van der Waals surface area contributed by atoms with Gasteiger partial charge in [0.15, 0.2) is 0 Å². The minimum absolute atomic E-state index is 0. The molecule has 3 fully saturated rings. The van der Waals surface area contributed by atoms with E-state index in [4.69, 9.17) is 4.18 Å². The van der Waals surface area contributed by atoms with Crippen LogP contribution in [0.25, 0.3) is 0 Å². The molecule has 0 aromatic carbocycles. The third-order valence-electron chi connectivity index (χ3n) is 10.8. The van der Waals surface area contributed by atoms with Crippen LogP contribution in [0.5, 0.6) is 0 Å². The predicted octanol–water partition coefficient (Wildman–Crippen LogP) is 3.22. The minimum atomic E-state index is -4.79. The summed E-state index contributed by atoms with van der Waals surface area (Å²) in [6, 6.07) is 0. The van der Waals surface area contributed by atoms with Crippen LogP contribution < -0.4 is 29.6 Å². The molecule has 3 saturated carbocycles. The van der Waals surface area contributed by atoms with Gasteiger partial charge in [-0.3, -0.25) is 0 Å². The molecule has 194 valence electrons. The number of allylic oxidation sites excluding steroid dienone is 4. The van der Waals surface area contributed by atoms with Gasteiger partial charge in [0, 0.05) is 5.92 Å². The number of aliphatic hydroxyl groups excluding tert-OH is 1. The van der Waals surface area contributed by atoms with Crippen LogP contribution in [0.1, 0.15) is 92.9 Å². The van der Waals surface area contributed by atoms with Gasteiger partial charge in [0.1, 0.15) is 5.76 Å². The van der Waals surface area contributed by atoms with Gasteiger partial charge >= 0.3 is 29.6 Å². The molecule has 1 N–H and O–H groups in total. The maximum atomic E-state index is 11.4. The fraction of sp³-hybridized carbons (Fsp3) is 0.857. The van der Waals surface area contributed by atoms with Crippen molar-refractivity contribution in [3.8, 4) is 0 Å². The van der Waals surface area contributed by atoms with Crippen molar-refractivity contribution in [2.24, 2.45) is 52.3 Å². The van der Waals surface area contributed by atoms with E-state index >= 15 is 0 Å². The number of hydrogen-bond acceptors (Lipinski definition) is 5. The monoisotopic (exact) mass is 516 g/mol. The Bertz CT molecular complexity index is 943. The van der Waals surface area contributed by atoms with Gasteiger partial charge in [-0.1, -0.05) is 53.2 Å². The van der Waals surface area contributed by atoms with Crippen molar-refractivity contribution < 1.29 is 51.8 Å². The standard InChI is InChI=1S/C28H46O5S.Na/c1-17(2)19(4)26(33-34(30,31)32)15-18(3)23-9-10-24-22-8-7-20-16-21(29)11-13-27(20,5)25(22)12-14-28(23,24)6;/h8,15,17-21,23-25,29H,7,9-14,16H2,1-6H3,(H,30,31,32);/q;+1/p-1/b26-15-;/t18-,19-,20+,21+,23-,24+,25+,27+,28-;/m1./s1. The molecule has 0 aromatic rings. The van der Waals surface area contributed by atoms with Crippen molar-refractivity contribution in [2.75, 3.05) is 0 Å². The van der Waals surface area contributed by atoms with E-state index in [0.717, 1.165) is 32.1 Å². The van der Waals surface area contributed by atoms with Gasteiger partial charge in [0.05, 0.1) is 6.10 Å². The summed E-state index contributed by atoms with van der Waals surface area (Å²) >= 11 is 0. The predicted molar refractivity (Wildman–Crippen MR) is 133 cm³/mol. The molecule has 35 heavy (non-hydrogen) atoms. The topological polar surface area (TPSA) is 86.7 Å². The Labute approximate surface area is 235 Å². The molecule has 0 amide bonds. The normalized spacial score (nSPS) is 41.1. The van der Waals surface area contributed by atoms with E-state index < -0.39 is 10.4 Å². The van der Waals surface area contributed by atoms with Crippen LogP contribution in [0.15, 0.2) is 23.5 Å². The van der Waals surface area contributed by atoms with E-state index in [9.17, 15) is 18.1 Å². The molecule has 4 rings (SSSR count). The van der Waals surface area contributed by atoms with Gasteiger partial charge in [-0.05, 0) is 104 Å². The molecule has 4 aliphatic carbocycles. The first kappa shape index (κ1) is 29.7. The fourth-order valence-corrected chi connectivity index (χ4v) is 8.91. The molecule has 5 nitrogen and oxygen atoms in total. The number of fused-ring (bicyclic) bond motifs is 5. The third kappa shape index (κ3) is 5.63. The quantitative estimate of drug-likeness (QED) is 0.193. The molecule has 0 bridgehead atoms. The fourth-order valence-electron chi connectivity index (χ4n) is 8.47. The van der Waals surface area contributed by atoms with Crippen LogP contribution in [0.4, 0.5) is 0 Å². The zero-order valence-corrected chi connectivity index (χ0v) is 25.7. The van der Waals surface area contributed by atoms with Gasteiger partial charge in [-0.25, -0.2) is 8.42 Å². The Kier molecular flexibility index (Phi) is 9.10. The Morgan fingerprint density at radius 2 is 1.71 bits per heavy atom. The minimum Gasteiger partial charge on any atom is -0.716 e. The summed E-state index contributed by atoms with van der Waals surface area (Å²) in [5.74, 6) is 2.74. The second-order valence-corrected chi connectivity index (χ2v) is 13.8. The zero-order chi connectivity index (χ0) is 25.1. The molecule has 0 heterocycles. The van der Waals surface area contributed by atoms with Crippen molar-refractivity contribution in [1.29, 1.82) is 0 Å². The zero-order valence-electron chi connectivity index (χ0n) is 22.9. The van der Waals surface area contributed by atoms with Crippen LogP contribution in [-0.4, -0.2) is 24.2 Å². The first-order chi connectivity index (χ1) is 15.8.